The molecular weight excluding hydrogens is 246 g/mol. The number of rotatable bonds is 5. The van der Waals surface area contributed by atoms with Crippen LogP contribution in [0.15, 0.2) is 18.2 Å². The van der Waals surface area contributed by atoms with Gasteiger partial charge in [-0.1, -0.05) is 0 Å². The Balaban J connectivity index is 2.23. The average molecular weight is 263 g/mol. The first kappa shape index (κ1) is 13.3. The predicted octanol–water partition coefficient (Wildman–Crippen LogP) is 2.31. The number of amides is 1. The summed E-state index contributed by atoms with van der Waals surface area (Å²) in [5, 5.41) is 16.9. The number of nitro benzene ring substituents is 1. The van der Waals surface area contributed by atoms with E-state index in [0.29, 0.717) is 23.8 Å². The van der Waals surface area contributed by atoms with Crippen LogP contribution in [0.1, 0.15) is 36.5 Å². The third-order valence-corrected chi connectivity index (χ3v) is 3.26. The fraction of sp³-hybridized carbons (Fsp3) is 0.462. The lowest BCUT2D eigenvalue weighted by Crippen LogP contribution is -2.27. The van der Waals surface area contributed by atoms with Crippen LogP contribution in [0, 0.1) is 10.1 Å². The van der Waals surface area contributed by atoms with E-state index in [1.165, 1.54) is 6.07 Å². The summed E-state index contributed by atoms with van der Waals surface area (Å²) in [6, 6.07) is 4.86. The van der Waals surface area contributed by atoms with Gasteiger partial charge < -0.3 is 10.6 Å². The van der Waals surface area contributed by atoms with Gasteiger partial charge in [-0.05, 0) is 38.3 Å². The molecule has 6 nitrogen and oxygen atoms in total. The van der Waals surface area contributed by atoms with Crippen LogP contribution >= 0.6 is 0 Å². The molecule has 1 aliphatic carbocycles. The predicted molar refractivity (Wildman–Crippen MR) is 72.4 cm³/mol. The maximum atomic E-state index is 11.7. The number of carbonyl (C=O) groups is 1. The van der Waals surface area contributed by atoms with Crippen LogP contribution in [0.5, 0.6) is 0 Å². The Kier molecular flexibility index (Phi) is 3.99. The molecule has 0 radical (unpaired) electrons. The summed E-state index contributed by atoms with van der Waals surface area (Å²) >= 11 is 0. The first-order valence-corrected chi connectivity index (χ1v) is 6.45. The molecule has 0 spiro atoms. The third-order valence-electron chi connectivity index (χ3n) is 3.26. The zero-order chi connectivity index (χ0) is 13.8. The number of anilines is 1. The van der Waals surface area contributed by atoms with Gasteiger partial charge in [0, 0.05) is 24.2 Å². The summed E-state index contributed by atoms with van der Waals surface area (Å²) in [6.07, 6.45) is 3.23. The SMILES string of the molecule is CCNC(=O)c1ccc(NC2CCC2)c([N+](=O)[O-])c1. The molecule has 102 valence electrons. The molecule has 19 heavy (non-hydrogen) atoms. The summed E-state index contributed by atoms with van der Waals surface area (Å²) in [4.78, 5) is 22.3. The van der Waals surface area contributed by atoms with E-state index in [0.717, 1.165) is 19.3 Å². The highest BCUT2D eigenvalue weighted by Gasteiger charge is 2.22. The second-order valence-electron chi connectivity index (χ2n) is 4.62. The molecule has 0 aromatic heterocycles. The first-order valence-electron chi connectivity index (χ1n) is 6.45. The van der Waals surface area contributed by atoms with Crippen LogP contribution in [0.3, 0.4) is 0 Å². The molecule has 1 fully saturated rings. The molecular formula is C13H17N3O3. The van der Waals surface area contributed by atoms with Crippen molar-refractivity contribution in [3.63, 3.8) is 0 Å². The standard InChI is InChI=1S/C13H17N3O3/c1-2-14-13(17)9-6-7-11(12(8-9)16(18)19)15-10-4-3-5-10/h6-8,10,15H,2-5H2,1H3,(H,14,17). The highest BCUT2D eigenvalue weighted by Crippen LogP contribution is 2.30. The maximum absolute atomic E-state index is 11.7. The van der Waals surface area contributed by atoms with Crippen molar-refractivity contribution in [3.05, 3.63) is 33.9 Å². The molecule has 0 heterocycles. The van der Waals surface area contributed by atoms with Gasteiger partial charge in [-0.2, -0.15) is 0 Å². The van der Waals surface area contributed by atoms with Gasteiger partial charge in [0.2, 0.25) is 0 Å². The Bertz CT molecular complexity index is 498. The van der Waals surface area contributed by atoms with Gasteiger partial charge in [0.15, 0.2) is 0 Å². The zero-order valence-electron chi connectivity index (χ0n) is 10.8. The average Bonchev–Trinajstić information content (AvgIpc) is 2.34. The van der Waals surface area contributed by atoms with Crippen molar-refractivity contribution in [3.8, 4) is 0 Å². The summed E-state index contributed by atoms with van der Waals surface area (Å²) in [5.74, 6) is -0.291. The molecule has 1 aromatic rings. The number of nitrogens with zero attached hydrogens (tertiary/aromatic N) is 1. The zero-order valence-corrected chi connectivity index (χ0v) is 10.8. The molecule has 2 rings (SSSR count). The molecule has 1 aromatic carbocycles. The molecule has 0 bridgehead atoms. The van der Waals surface area contributed by atoms with E-state index in [9.17, 15) is 14.9 Å². The minimum absolute atomic E-state index is 0.0457. The van der Waals surface area contributed by atoms with Gasteiger partial charge in [-0.3, -0.25) is 14.9 Å². The Morgan fingerprint density at radius 2 is 2.21 bits per heavy atom. The minimum Gasteiger partial charge on any atom is -0.377 e. The van der Waals surface area contributed by atoms with Gasteiger partial charge in [0.25, 0.3) is 11.6 Å². The molecule has 1 saturated carbocycles. The van der Waals surface area contributed by atoms with Crippen molar-refractivity contribution in [1.29, 1.82) is 0 Å². The molecule has 6 heteroatoms. The fourth-order valence-corrected chi connectivity index (χ4v) is 1.98. The number of benzene rings is 1. The van der Waals surface area contributed by atoms with Crippen molar-refractivity contribution < 1.29 is 9.72 Å². The number of hydrogen-bond acceptors (Lipinski definition) is 4. The van der Waals surface area contributed by atoms with E-state index < -0.39 is 4.92 Å². The second-order valence-corrected chi connectivity index (χ2v) is 4.62. The van der Waals surface area contributed by atoms with Crippen LogP contribution in [0.2, 0.25) is 0 Å². The summed E-state index contributed by atoms with van der Waals surface area (Å²) < 4.78 is 0. The normalized spacial score (nSPS) is 14.6. The number of nitrogens with one attached hydrogen (secondary N) is 2. The Morgan fingerprint density at radius 3 is 2.74 bits per heavy atom. The highest BCUT2D eigenvalue weighted by molar-refractivity contribution is 5.95. The topological polar surface area (TPSA) is 84.3 Å². The van der Waals surface area contributed by atoms with E-state index in [2.05, 4.69) is 10.6 Å². The lowest BCUT2D eigenvalue weighted by atomic mass is 9.93. The van der Waals surface area contributed by atoms with Crippen molar-refractivity contribution in [2.75, 3.05) is 11.9 Å². The number of nitro groups is 1. The molecule has 1 amide bonds. The summed E-state index contributed by atoms with van der Waals surface area (Å²) in [5.41, 5.74) is 0.756. The van der Waals surface area contributed by atoms with E-state index in [4.69, 9.17) is 0 Å². The van der Waals surface area contributed by atoms with Gasteiger partial charge >= 0.3 is 0 Å². The van der Waals surface area contributed by atoms with Gasteiger partial charge in [-0.15, -0.1) is 0 Å². The molecule has 0 aliphatic heterocycles. The van der Waals surface area contributed by atoms with Gasteiger partial charge in [0.1, 0.15) is 5.69 Å². The molecule has 2 N–H and O–H groups in total. The lowest BCUT2D eigenvalue weighted by Gasteiger charge is -2.27. The molecule has 0 saturated heterocycles. The van der Waals surface area contributed by atoms with Crippen LogP contribution in [0.25, 0.3) is 0 Å². The van der Waals surface area contributed by atoms with Crippen LogP contribution in [0.4, 0.5) is 11.4 Å². The van der Waals surface area contributed by atoms with Crippen LogP contribution < -0.4 is 10.6 Å². The summed E-state index contributed by atoms with van der Waals surface area (Å²) in [6.45, 7) is 2.30. The van der Waals surface area contributed by atoms with Crippen molar-refractivity contribution in [2.24, 2.45) is 0 Å². The van der Waals surface area contributed by atoms with Gasteiger partial charge in [0.05, 0.1) is 4.92 Å². The van der Waals surface area contributed by atoms with Crippen molar-refractivity contribution in [2.45, 2.75) is 32.2 Å². The fourth-order valence-electron chi connectivity index (χ4n) is 1.98. The number of hydrogen-bond donors (Lipinski definition) is 2. The highest BCUT2D eigenvalue weighted by atomic mass is 16.6. The van der Waals surface area contributed by atoms with E-state index in [1.807, 2.05) is 0 Å². The Labute approximate surface area is 111 Å². The van der Waals surface area contributed by atoms with Crippen molar-refractivity contribution >= 4 is 17.3 Å². The molecule has 1 aliphatic rings. The van der Waals surface area contributed by atoms with E-state index in [-0.39, 0.29) is 11.6 Å². The smallest absolute Gasteiger partial charge is 0.293 e. The quantitative estimate of drug-likeness (QED) is 0.630. The minimum atomic E-state index is -0.455. The van der Waals surface area contributed by atoms with E-state index in [1.54, 1.807) is 19.1 Å². The monoisotopic (exact) mass is 263 g/mol. The van der Waals surface area contributed by atoms with Crippen LogP contribution in [-0.4, -0.2) is 23.4 Å². The largest absolute Gasteiger partial charge is 0.377 e. The molecule has 0 unspecified atom stereocenters. The first-order chi connectivity index (χ1) is 9.11. The Morgan fingerprint density at radius 1 is 1.47 bits per heavy atom. The Hall–Kier alpha value is -2.11. The van der Waals surface area contributed by atoms with Crippen LogP contribution in [-0.2, 0) is 0 Å². The lowest BCUT2D eigenvalue weighted by molar-refractivity contribution is -0.384. The maximum Gasteiger partial charge on any atom is 0.293 e. The molecule has 0 atom stereocenters. The van der Waals surface area contributed by atoms with Crippen molar-refractivity contribution in [1.82, 2.24) is 5.32 Å². The van der Waals surface area contributed by atoms with Gasteiger partial charge in [-0.25, -0.2) is 0 Å². The second kappa shape index (κ2) is 5.69. The number of carbonyl (C=O) groups excluding carboxylic acids is 1. The van der Waals surface area contributed by atoms with E-state index >= 15 is 0 Å². The summed E-state index contributed by atoms with van der Waals surface area (Å²) in [7, 11) is 0. The third kappa shape index (κ3) is 3.01.